The van der Waals surface area contributed by atoms with Gasteiger partial charge in [-0.3, -0.25) is 4.79 Å². The molecule has 4 heteroatoms. The maximum absolute atomic E-state index is 12.2. The van der Waals surface area contributed by atoms with Crippen molar-refractivity contribution in [3.8, 4) is 11.8 Å². The first kappa shape index (κ1) is 14.6. The zero-order chi connectivity index (χ0) is 14.4. The predicted octanol–water partition coefficient (Wildman–Crippen LogP) is 1.70. The van der Waals surface area contributed by atoms with Crippen LogP contribution in [0.4, 0.5) is 5.69 Å². The van der Waals surface area contributed by atoms with Crippen molar-refractivity contribution in [1.29, 1.82) is 0 Å². The van der Waals surface area contributed by atoms with Gasteiger partial charge < -0.3 is 15.2 Å². The average Bonchev–Trinajstić information content (AvgIpc) is 2.47. The van der Waals surface area contributed by atoms with Gasteiger partial charge in [-0.2, -0.15) is 0 Å². The van der Waals surface area contributed by atoms with E-state index in [9.17, 15) is 4.79 Å². The molecule has 20 heavy (non-hydrogen) atoms. The molecule has 0 radical (unpaired) electrons. The molecular weight excluding hydrogens is 254 g/mol. The van der Waals surface area contributed by atoms with Gasteiger partial charge in [0.2, 0.25) is 5.91 Å². The number of carbonyl (C=O) groups is 1. The fourth-order valence-corrected chi connectivity index (χ4v) is 2.19. The maximum atomic E-state index is 12.2. The number of carbonyl (C=O) groups excluding carboxylic acids is 1. The van der Waals surface area contributed by atoms with Crippen molar-refractivity contribution in [1.82, 2.24) is 0 Å². The number of rotatable bonds is 2. The molecule has 1 aliphatic rings. The highest BCUT2D eigenvalue weighted by Gasteiger charge is 2.22. The average molecular weight is 273 g/mol. The summed E-state index contributed by atoms with van der Waals surface area (Å²) in [6, 6.07) is 5.68. The quantitative estimate of drug-likeness (QED) is 0.806. The smallest absolute Gasteiger partial charge is 0.229 e. The van der Waals surface area contributed by atoms with Crippen LogP contribution in [0.25, 0.3) is 0 Å². The molecule has 1 aromatic carbocycles. The van der Waals surface area contributed by atoms with E-state index in [1.165, 1.54) is 0 Å². The first-order valence-electron chi connectivity index (χ1n) is 6.79. The van der Waals surface area contributed by atoms with Gasteiger partial charge >= 0.3 is 0 Å². The van der Waals surface area contributed by atoms with Crippen LogP contribution in [0.2, 0.25) is 0 Å². The highest BCUT2D eigenvalue weighted by Crippen LogP contribution is 2.20. The Kier molecular flexibility index (Phi) is 5.16. The molecule has 106 valence electrons. The third-order valence-corrected chi connectivity index (χ3v) is 3.27. The van der Waals surface area contributed by atoms with Crippen LogP contribution in [-0.4, -0.2) is 30.8 Å². The topological polar surface area (TPSA) is 58.6 Å². The Labute approximate surface area is 119 Å². The lowest BCUT2D eigenvalue weighted by Gasteiger charge is -2.21. The number of ether oxygens (including phenoxy) is 1. The molecule has 1 heterocycles. The third-order valence-electron chi connectivity index (χ3n) is 3.27. The normalized spacial score (nSPS) is 18.0. The SMILES string of the molecule is Cc1ccc(C#CCO)c(NC(=O)C2CCCOC2)c1. The molecule has 1 unspecified atom stereocenters. The molecule has 2 rings (SSSR count). The highest BCUT2D eigenvalue weighted by molar-refractivity contribution is 5.94. The van der Waals surface area contributed by atoms with E-state index in [1.807, 2.05) is 25.1 Å². The van der Waals surface area contributed by atoms with Gasteiger partial charge in [0.1, 0.15) is 6.61 Å². The molecule has 1 aromatic rings. The molecule has 1 amide bonds. The van der Waals surface area contributed by atoms with E-state index in [0.29, 0.717) is 12.3 Å². The van der Waals surface area contributed by atoms with Gasteiger partial charge in [0.05, 0.1) is 18.2 Å². The summed E-state index contributed by atoms with van der Waals surface area (Å²) in [5, 5.41) is 11.7. The minimum Gasteiger partial charge on any atom is -0.384 e. The van der Waals surface area contributed by atoms with E-state index in [2.05, 4.69) is 17.2 Å². The number of aliphatic hydroxyl groups excluding tert-OH is 1. The molecule has 1 atom stereocenters. The summed E-state index contributed by atoms with van der Waals surface area (Å²) >= 11 is 0. The molecule has 1 aliphatic heterocycles. The summed E-state index contributed by atoms with van der Waals surface area (Å²) in [4.78, 5) is 12.2. The Hall–Kier alpha value is -1.83. The number of aryl methyl sites for hydroxylation is 1. The molecule has 2 N–H and O–H groups in total. The van der Waals surface area contributed by atoms with Crippen LogP contribution in [0.15, 0.2) is 18.2 Å². The van der Waals surface area contributed by atoms with Crippen LogP contribution in [0.3, 0.4) is 0 Å². The Bertz CT molecular complexity index is 536. The molecule has 0 aromatic heterocycles. The lowest BCUT2D eigenvalue weighted by atomic mass is 10.0. The monoisotopic (exact) mass is 273 g/mol. The van der Waals surface area contributed by atoms with Crippen LogP contribution in [0, 0.1) is 24.7 Å². The second-order valence-corrected chi connectivity index (χ2v) is 4.91. The number of benzene rings is 1. The number of anilines is 1. The summed E-state index contributed by atoms with van der Waals surface area (Å²) < 4.78 is 5.34. The minimum atomic E-state index is -0.197. The zero-order valence-electron chi connectivity index (χ0n) is 11.6. The molecule has 1 fully saturated rings. The van der Waals surface area contributed by atoms with Crippen molar-refractivity contribution in [3.05, 3.63) is 29.3 Å². The van der Waals surface area contributed by atoms with Gasteiger partial charge in [-0.1, -0.05) is 17.9 Å². The minimum absolute atomic E-state index is 0.0256. The largest absolute Gasteiger partial charge is 0.384 e. The number of hydrogen-bond donors (Lipinski definition) is 2. The lowest BCUT2D eigenvalue weighted by Crippen LogP contribution is -2.30. The lowest BCUT2D eigenvalue weighted by molar-refractivity contribution is -0.123. The van der Waals surface area contributed by atoms with Gasteiger partial charge in [0.15, 0.2) is 0 Å². The molecule has 0 saturated carbocycles. The van der Waals surface area contributed by atoms with Crippen LogP contribution >= 0.6 is 0 Å². The number of aliphatic hydroxyl groups is 1. The number of amides is 1. The van der Waals surface area contributed by atoms with Gasteiger partial charge in [-0.25, -0.2) is 0 Å². The summed E-state index contributed by atoms with van der Waals surface area (Å²) in [7, 11) is 0. The van der Waals surface area contributed by atoms with Gasteiger partial charge in [-0.05, 0) is 37.5 Å². The Morgan fingerprint density at radius 2 is 2.40 bits per heavy atom. The molecular formula is C16H19NO3. The van der Waals surface area contributed by atoms with Crippen LogP contribution in [-0.2, 0) is 9.53 Å². The fourth-order valence-electron chi connectivity index (χ4n) is 2.19. The maximum Gasteiger partial charge on any atom is 0.229 e. The second kappa shape index (κ2) is 7.09. The fraction of sp³-hybridized carbons (Fsp3) is 0.438. The van der Waals surface area contributed by atoms with E-state index >= 15 is 0 Å². The number of hydrogen-bond acceptors (Lipinski definition) is 3. The van der Waals surface area contributed by atoms with Crippen molar-refractivity contribution in [2.45, 2.75) is 19.8 Å². The van der Waals surface area contributed by atoms with Crippen LogP contribution < -0.4 is 5.32 Å². The third kappa shape index (κ3) is 3.83. The van der Waals surface area contributed by atoms with E-state index in [4.69, 9.17) is 9.84 Å². The molecule has 4 nitrogen and oxygen atoms in total. The first-order valence-corrected chi connectivity index (χ1v) is 6.79. The van der Waals surface area contributed by atoms with Crippen molar-refractivity contribution in [3.63, 3.8) is 0 Å². The molecule has 0 aliphatic carbocycles. The van der Waals surface area contributed by atoms with E-state index in [1.54, 1.807) is 0 Å². The molecule has 0 spiro atoms. The summed E-state index contributed by atoms with van der Waals surface area (Å²) in [5.41, 5.74) is 2.46. The van der Waals surface area contributed by atoms with Gasteiger partial charge in [0, 0.05) is 12.2 Å². The molecule has 1 saturated heterocycles. The standard InChI is InChI=1S/C16H19NO3/c1-12-6-7-13(4-2-8-18)15(10-12)17-16(19)14-5-3-9-20-11-14/h6-7,10,14,18H,3,5,8-9,11H2,1H3,(H,17,19). The zero-order valence-corrected chi connectivity index (χ0v) is 11.6. The van der Waals surface area contributed by atoms with Gasteiger partial charge in [0.25, 0.3) is 0 Å². The van der Waals surface area contributed by atoms with Crippen LogP contribution in [0.1, 0.15) is 24.0 Å². The summed E-state index contributed by atoms with van der Waals surface area (Å²) in [6.45, 7) is 2.98. The van der Waals surface area contributed by atoms with Crippen LogP contribution in [0.5, 0.6) is 0 Å². The first-order chi connectivity index (χ1) is 9.70. The van der Waals surface area contributed by atoms with Gasteiger partial charge in [-0.15, -0.1) is 0 Å². The molecule has 0 bridgehead atoms. The van der Waals surface area contributed by atoms with Crippen molar-refractivity contribution in [2.24, 2.45) is 5.92 Å². The van der Waals surface area contributed by atoms with Crippen molar-refractivity contribution in [2.75, 3.05) is 25.1 Å². The van der Waals surface area contributed by atoms with E-state index in [-0.39, 0.29) is 18.4 Å². The predicted molar refractivity (Wildman–Crippen MR) is 77.3 cm³/mol. The highest BCUT2D eigenvalue weighted by atomic mass is 16.5. The van der Waals surface area contributed by atoms with E-state index in [0.717, 1.165) is 30.6 Å². The van der Waals surface area contributed by atoms with Crippen molar-refractivity contribution < 1.29 is 14.6 Å². The Morgan fingerprint density at radius 1 is 1.55 bits per heavy atom. The number of nitrogens with one attached hydrogen (secondary N) is 1. The van der Waals surface area contributed by atoms with Crippen molar-refractivity contribution >= 4 is 11.6 Å². The summed E-state index contributed by atoms with van der Waals surface area (Å²) in [6.07, 6.45) is 1.78. The summed E-state index contributed by atoms with van der Waals surface area (Å²) in [5.74, 6) is 5.34. The Morgan fingerprint density at radius 3 is 3.10 bits per heavy atom. The Balaban J connectivity index is 2.14. The van der Waals surface area contributed by atoms with E-state index < -0.39 is 0 Å². The second-order valence-electron chi connectivity index (χ2n) is 4.91.